The number of rotatable bonds is 1. The number of benzene rings is 1. The predicted molar refractivity (Wildman–Crippen MR) is 80.9 cm³/mol. The van der Waals surface area contributed by atoms with Gasteiger partial charge in [0.25, 0.3) is 5.56 Å². The molecule has 1 aliphatic heterocycles. The molecule has 2 aromatic rings. The second-order valence-corrected chi connectivity index (χ2v) is 6.09. The van der Waals surface area contributed by atoms with Crippen LogP contribution in [0.3, 0.4) is 0 Å². The quantitative estimate of drug-likeness (QED) is 0.868. The molecule has 1 aromatic carbocycles. The minimum atomic E-state index is -0.208. The van der Waals surface area contributed by atoms with E-state index in [0.717, 1.165) is 23.6 Å². The van der Waals surface area contributed by atoms with E-state index in [1.807, 2.05) is 30.3 Å². The van der Waals surface area contributed by atoms with Crippen LogP contribution in [0.15, 0.2) is 35.1 Å². The highest BCUT2D eigenvalue weighted by molar-refractivity contribution is 5.83. The maximum absolute atomic E-state index is 12.7. The Labute approximate surface area is 118 Å². The molecule has 1 atom stereocenters. The maximum atomic E-state index is 12.7. The van der Waals surface area contributed by atoms with Crippen LogP contribution >= 0.6 is 0 Å². The fourth-order valence-electron chi connectivity index (χ4n) is 3.09. The summed E-state index contributed by atoms with van der Waals surface area (Å²) in [5.74, 6) is 0.538. The van der Waals surface area contributed by atoms with Crippen LogP contribution in [-0.4, -0.2) is 16.8 Å². The number of hydrogen-bond donors (Lipinski definition) is 1. The number of ether oxygens (including phenoxy) is 1. The molecule has 1 aromatic heterocycles. The van der Waals surface area contributed by atoms with Crippen molar-refractivity contribution in [3.8, 4) is 0 Å². The van der Waals surface area contributed by atoms with Crippen molar-refractivity contribution in [3.05, 3.63) is 40.7 Å². The van der Waals surface area contributed by atoms with Crippen molar-refractivity contribution in [3.63, 3.8) is 0 Å². The molecule has 1 aliphatic rings. The van der Waals surface area contributed by atoms with E-state index in [9.17, 15) is 4.79 Å². The summed E-state index contributed by atoms with van der Waals surface area (Å²) in [5, 5.41) is 1.63. The van der Waals surface area contributed by atoms with E-state index in [-0.39, 0.29) is 17.2 Å². The molecule has 4 heteroatoms. The first-order chi connectivity index (χ1) is 9.48. The third kappa shape index (κ3) is 2.20. The van der Waals surface area contributed by atoms with Crippen LogP contribution in [0.1, 0.15) is 32.7 Å². The molecule has 0 saturated carbocycles. The highest BCUT2D eigenvalue weighted by Crippen LogP contribution is 2.32. The molecule has 0 aliphatic carbocycles. The largest absolute Gasteiger partial charge is 0.385 e. The Kier molecular flexibility index (Phi) is 3.05. The molecule has 0 bridgehead atoms. The molecule has 20 heavy (non-hydrogen) atoms. The van der Waals surface area contributed by atoms with Crippen molar-refractivity contribution in [1.29, 1.82) is 0 Å². The predicted octanol–water partition coefficient (Wildman–Crippen LogP) is 2.71. The average molecular weight is 272 g/mol. The highest BCUT2D eigenvalue weighted by Gasteiger charge is 2.31. The topological polar surface area (TPSA) is 57.2 Å². The van der Waals surface area contributed by atoms with Crippen LogP contribution in [0.4, 0.5) is 5.82 Å². The van der Waals surface area contributed by atoms with Gasteiger partial charge in [0.15, 0.2) is 0 Å². The summed E-state index contributed by atoms with van der Waals surface area (Å²) < 4.78 is 7.47. The summed E-state index contributed by atoms with van der Waals surface area (Å²) in [7, 11) is 0. The van der Waals surface area contributed by atoms with E-state index in [0.29, 0.717) is 12.4 Å². The van der Waals surface area contributed by atoms with Crippen molar-refractivity contribution < 1.29 is 4.74 Å². The Morgan fingerprint density at radius 3 is 2.85 bits per heavy atom. The zero-order valence-corrected chi connectivity index (χ0v) is 11.9. The van der Waals surface area contributed by atoms with E-state index in [2.05, 4.69) is 13.8 Å². The molecule has 1 fully saturated rings. The number of nitrogens with zero attached hydrogens (tertiary/aromatic N) is 1. The summed E-state index contributed by atoms with van der Waals surface area (Å²) in [5.41, 5.74) is 5.92. The first kappa shape index (κ1) is 13.2. The maximum Gasteiger partial charge on any atom is 0.260 e. The molecule has 3 rings (SSSR count). The summed E-state index contributed by atoms with van der Waals surface area (Å²) in [6.07, 6.45) is 1.63. The SMILES string of the molecule is CC1(C)CC(n2c(N)cc3ccccc3c2=O)CCO1. The van der Waals surface area contributed by atoms with Gasteiger partial charge >= 0.3 is 0 Å². The minimum absolute atomic E-state index is 0.00306. The molecule has 2 heterocycles. The van der Waals surface area contributed by atoms with E-state index in [1.165, 1.54) is 0 Å². The van der Waals surface area contributed by atoms with Crippen LogP contribution in [0.5, 0.6) is 0 Å². The van der Waals surface area contributed by atoms with Crippen molar-refractivity contribution >= 4 is 16.6 Å². The number of nitrogen functional groups attached to an aromatic ring is 1. The van der Waals surface area contributed by atoms with E-state index in [4.69, 9.17) is 10.5 Å². The molecule has 1 unspecified atom stereocenters. The minimum Gasteiger partial charge on any atom is -0.385 e. The third-order valence-electron chi connectivity index (χ3n) is 4.03. The first-order valence-electron chi connectivity index (χ1n) is 7.02. The summed E-state index contributed by atoms with van der Waals surface area (Å²) >= 11 is 0. The van der Waals surface area contributed by atoms with Crippen molar-refractivity contribution in [2.75, 3.05) is 12.3 Å². The van der Waals surface area contributed by atoms with Gasteiger partial charge in [-0.05, 0) is 44.2 Å². The lowest BCUT2D eigenvalue weighted by Gasteiger charge is -2.36. The van der Waals surface area contributed by atoms with E-state index >= 15 is 0 Å². The molecule has 0 radical (unpaired) electrons. The number of pyridine rings is 1. The normalized spacial score (nSPS) is 22.0. The lowest BCUT2D eigenvalue weighted by molar-refractivity contribution is -0.0691. The summed E-state index contributed by atoms with van der Waals surface area (Å²) in [4.78, 5) is 12.7. The monoisotopic (exact) mass is 272 g/mol. The lowest BCUT2D eigenvalue weighted by atomic mass is 9.93. The Bertz CT molecular complexity index is 703. The number of nitrogens with two attached hydrogens (primary N) is 1. The fourth-order valence-corrected chi connectivity index (χ4v) is 3.09. The van der Waals surface area contributed by atoms with E-state index in [1.54, 1.807) is 4.57 Å². The lowest BCUT2D eigenvalue weighted by Crippen LogP contribution is -2.39. The number of aromatic nitrogens is 1. The average Bonchev–Trinajstić information content (AvgIpc) is 2.37. The van der Waals surface area contributed by atoms with Crippen molar-refractivity contribution in [2.45, 2.75) is 38.3 Å². The van der Waals surface area contributed by atoms with Crippen LogP contribution in [0.25, 0.3) is 10.8 Å². The third-order valence-corrected chi connectivity index (χ3v) is 4.03. The Hall–Kier alpha value is -1.81. The van der Waals surface area contributed by atoms with Crippen molar-refractivity contribution in [2.24, 2.45) is 0 Å². The van der Waals surface area contributed by atoms with Crippen LogP contribution in [0.2, 0.25) is 0 Å². The molecule has 0 amide bonds. The van der Waals surface area contributed by atoms with Gasteiger partial charge in [0.05, 0.1) is 5.60 Å². The van der Waals surface area contributed by atoms with Gasteiger partial charge in [0, 0.05) is 18.0 Å². The van der Waals surface area contributed by atoms with Gasteiger partial charge in [-0.2, -0.15) is 0 Å². The number of fused-ring (bicyclic) bond motifs is 1. The second-order valence-electron chi connectivity index (χ2n) is 6.09. The Balaban J connectivity index is 2.14. The molecule has 2 N–H and O–H groups in total. The van der Waals surface area contributed by atoms with Gasteiger partial charge < -0.3 is 10.5 Å². The standard InChI is InChI=1S/C16H20N2O2/c1-16(2)10-12(7-8-20-16)18-14(17)9-11-5-3-4-6-13(11)15(18)19/h3-6,9,12H,7-8,10,17H2,1-2H3. The van der Waals surface area contributed by atoms with Crippen LogP contribution < -0.4 is 11.3 Å². The molecular weight excluding hydrogens is 252 g/mol. The molecule has 4 nitrogen and oxygen atoms in total. The molecule has 1 saturated heterocycles. The summed E-state index contributed by atoms with van der Waals surface area (Å²) in [6.45, 7) is 4.78. The highest BCUT2D eigenvalue weighted by atomic mass is 16.5. The van der Waals surface area contributed by atoms with Crippen LogP contribution in [0, 0.1) is 0 Å². The first-order valence-corrected chi connectivity index (χ1v) is 7.02. The van der Waals surface area contributed by atoms with Crippen molar-refractivity contribution in [1.82, 2.24) is 4.57 Å². The van der Waals surface area contributed by atoms with Gasteiger partial charge in [-0.3, -0.25) is 9.36 Å². The zero-order chi connectivity index (χ0) is 14.3. The smallest absolute Gasteiger partial charge is 0.260 e. The summed E-state index contributed by atoms with van der Waals surface area (Å²) in [6, 6.07) is 9.58. The number of anilines is 1. The number of hydrogen-bond acceptors (Lipinski definition) is 3. The van der Waals surface area contributed by atoms with Gasteiger partial charge in [-0.15, -0.1) is 0 Å². The van der Waals surface area contributed by atoms with Crippen LogP contribution in [-0.2, 0) is 4.74 Å². The van der Waals surface area contributed by atoms with Gasteiger partial charge in [0.2, 0.25) is 0 Å². The Morgan fingerprint density at radius 2 is 2.10 bits per heavy atom. The second kappa shape index (κ2) is 4.63. The zero-order valence-electron chi connectivity index (χ0n) is 11.9. The van der Waals surface area contributed by atoms with Gasteiger partial charge in [-0.1, -0.05) is 18.2 Å². The fraction of sp³-hybridized carbons (Fsp3) is 0.438. The Morgan fingerprint density at radius 1 is 1.35 bits per heavy atom. The molecule has 106 valence electrons. The molecule has 0 spiro atoms. The van der Waals surface area contributed by atoms with Gasteiger partial charge in [0.1, 0.15) is 5.82 Å². The van der Waals surface area contributed by atoms with Gasteiger partial charge in [-0.25, -0.2) is 0 Å². The van der Waals surface area contributed by atoms with E-state index < -0.39 is 0 Å². The molecular formula is C16H20N2O2.